The lowest BCUT2D eigenvalue weighted by molar-refractivity contribution is -0.156. The van der Waals surface area contributed by atoms with Crippen molar-refractivity contribution in [3.63, 3.8) is 0 Å². The maximum absolute atomic E-state index is 12.3. The molecule has 0 aromatic heterocycles. The first-order valence-corrected chi connectivity index (χ1v) is 7.84. The molecule has 1 amide bonds. The fourth-order valence-corrected chi connectivity index (χ4v) is 2.41. The van der Waals surface area contributed by atoms with Crippen LogP contribution in [0.1, 0.15) is 60.8 Å². The van der Waals surface area contributed by atoms with E-state index in [1.165, 1.54) is 0 Å². The molecule has 22 heavy (non-hydrogen) atoms. The van der Waals surface area contributed by atoms with E-state index >= 15 is 0 Å². The number of esters is 1. The van der Waals surface area contributed by atoms with Crippen LogP contribution in [0.15, 0.2) is 0 Å². The van der Waals surface area contributed by atoms with Gasteiger partial charge in [0, 0.05) is 18.6 Å². The van der Waals surface area contributed by atoms with Crippen LogP contribution >= 0.6 is 0 Å². The lowest BCUT2D eigenvalue weighted by atomic mass is 9.96. The van der Waals surface area contributed by atoms with Crippen molar-refractivity contribution in [2.45, 2.75) is 84.1 Å². The third-order valence-corrected chi connectivity index (χ3v) is 3.21. The minimum Gasteiger partial charge on any atom is -0.460 e. The zero-order chi connectivity index (χ0) is 17.1. The normalized spacial score (nSPS) is 23.1. The largest absolute Gasteiger partial charge is 0.460 e. The van der Waals surface area contributed by atoms with Crippen molar-refractivity contribution in [1.29, 1.82) is 0 Å². The van der Waals surface area contributed by atoms with Gasteiger partial charge in [-0.25, -0.2) is 4.79 Å². The van der Waals surface area contributed by atoms with Gasteiger partial charge < -0.3 is 20.1 Å². The van der Waals surface area contributed by atoms with E-state index in [-0.39, 0.29) is 24.5 Å². The number of carbonyl (C=O) groups excluding carboxylic acids is 2. The number of nitrogens with two attached hydrogens (primary N) is 1. The van der Waals surface area contributed by atoms with E-state index in [1.807, 2.05) is 41.5 Å². The summed E-state index contributed by atoms with van der Waals surface area (Å²) in [6.45, 7) is 11.4. The molecule has 0 aliphatic carbocycles. The molecule has 0 bridgehead atoms. The van der Waals surface area contributed by atoms with Crippen molar-refractivity contribution >= 4 is 12.1 Å². The summed E-state index contributed by atoms with van der Waals surface area (Å²) in [6, 6.07) is -0.278. The van der Waals surface area contributed by atoms with Gasteiger partial charge in [0.05, 0.1) is 6.42 Å². The van der Waals surface area contributed by atoms with Gasteiger partial charge in [-0.3, -0.25) is 4.79 Å². The molecule has 6 nitrogen and oxygen atoms in total. The molecule has 6 heteroatoms. The maximum atomic E-state index is 12.3. The molecule has 1 aliphatic rings. The van der Waals surface area contributed by atoms with Gasteiger partial charge in [0.1, 0.15) is 11.2 Å². The average molecular weight is 314 g/mol. The molecule has 0 spiro atoms. The Morgan fingerprint density at radius 3 is 2.14 bits per heavy atom. The molecule has 1 rings (SSSR count). The second kappa shape index (κ2) is 6.86. The molecule has 0 saturated carbocycles. The monoisotopic (exact) mass is 314 g/mol. The van der Waals surface area contributed by atoms with Gasteiger partial charge in [0.2, 0.25) is 0 Å². The summed E-state index contributed by atoms with van der Waals surface area (Å²) in [5.74, 6) is -0.319. The fraction of sp³-hybridized carbons (Fsp3) is 0.875. The van der Waals surface area contributed by atoms with E-state index < -0.39 is 17.3 Å². The van der Waals surface area contributed by atoms with Crippen LogP contribution < -0.4 is 5.73 Å². The van der Waals surface area contributed by atoms with Crippen molar-refractivity contribution in [3.05, 3.63) is 0 Å². The molecule has 1 fully saturated rings. The van der Waals surface area contributed by atoms with Gasteiger partial charge in [-0.15, -0.1) is 0 Å². The number of nitrogens with zero attached hydrogens (tertiary/aromatic N) is 1. The number of amides is 1. The second-order valence-electron chi connectivity index (χ2n) is 7.90. The van der Waals surface area contributed by atoms with Gasteiger partial charge in [-0.2, -0.15) is 0 Å². The van der Waals surface area contributed by atoms with Gasteiger partial charge in [-0.05, 0) is 54.4 Å². The van der Waals surface area contributed by atoms with E-state index in [9.17, 15) is 9.59 Å². The lowest BCUT2D eigenvalue weighted by Crippen LogP contribution is -2.52. The van der Waals surface area contributed by atoms with Crippen LogP contribution in [-0.2, 0) is 14.3 Å². The first kappa shape index (κ1) is 18.7. The molecule has 128 valence electrons. The molecule has 2 atom stereocenters. The van der Waals surface area contributed by atoms with Crippen LogP contribution in [0.5, 0.6) is 0 Å². The van der Waals surface area contributed by atoms with Crippen LogP contribution in [0.4, 0.5) is 4.79 Å². The smallest absolute Gasteiger partial charge is 0.410 e. The predicted molar refractivity (Wildman–Crippen MR) is 84.4 cm³/mol. The molecule has 1 heterocycles. The van der Waals surface area contributed by atoms with E-state index in [4.69, 9.17) is 15.2 Å². The highest BCUT2D eigenvalue weighted by atomic mass is 16.6. The van der Waals surface area contributed by atoms with Crippen molar-refractivity contribution in [2.24, 2.45) is 5.73 Å². The maximum Gasteiger partial charge on any atom is 0.410 e. The summed E-state index contributed by atoms with van der Waals surface area (Å²) in [5.41, 5.74) is 4.89. The Kier molecular flexibility index (Phi) is 5.84. The van der Waals surface area contributed by atoms with Crippen LogP contribution in [0, 0.1) is 0 Å². The van der Waals surface area contributed by atoms with E-state index in [0.29, 0.717) is 19.4 Å². The number of piperidine rings is 1. The van der Waals surface area contributed by atoms with Crippen molar-refractivity contribution in [2.75, 3.05) is 6.54 Å². The Morgan fingerprint density at radius 2 is 1.64 bits per heavy atom. The lowest BCUT2D eigenvalue weighted by Gasteiger charge is -2.38. The molecule has 0 radical (unpaired) electrons. The van der Waals surface area contributed by atoms with E-state index in [0.717, 1.165) is 0 Å². The summed E-state index contributed by atoms with van der Waals surface area (Å²) in [6.07, 6.45) is 1.04. The summed E-state index contributed by atoms with van der Waals surface area (Å²) in [5, 5.41) is 0. The first-order chi connectivity index (χ1) is 9.87. The topological polar surface area (TPSA) is 81.9 Å². The summed E-state index contributed by atoms with van der Waals surface area (Å²) in [4.78, 5) is 26.0. The van der Waals surface area contributed by atoms with Crippen LogP contribution in [-0.4, -0.2) is 46.8 Å². The number of hydrogen-bond donors (Lipinski definition) is 1. The second-order valence-corrected chi connectivity index (χ2v) is 7.90. The number of hydrogen-bond acceptors (Lipinski definition) is 5. The SMILES string of the molecule is CC(C)(C)OC(=O)C[C@@H]1CC(N)CCN1C(=O)OC(C)(C)C. The molecule has 1 aliphatic heterocycles. The van der Waals surface area contributed by atoms with Crippen molar-refractivity contribution < 1.29 is 19.1 Å². The zero-order valence-corrected chi connectivity index (χ0v) is 14.6. The number of rotatable bonds is 2. The number of carbonyl (C=O) groups is 2. The Morgan fingerprint density at radius 1 is 1.09 bits per heavy atom. The fourth-order valence-electron chi connectivity index (χ4n) is 2.41. The highest BCUT2D eigenvalue weighted by Crippen LogP contribution is 2.23. The third kappa shape index (κ3) is 6.64. The van der Waals surface area contributed by atoms with Gasteiger partial charge in [0.25, 0.3) is 0 Å². The Labute approximate surface area is 133 Å². The van der Waals surface area contributed by atoms with E-state index in [2.05, 4.69) is 0 Å². The van der Waals surface area contributed by atoms with Crippen LogP contribution in [0.25, 0.3) is 0 Å². The highest BCUT2D eigenvalue weighted by Gasteiger charge is 2.35. The average Bonchev–Trinajstić information content (AvgIpc) is 2.23. The standard InChI is InChI=1S/C16H30N2O4/c1-15(2,3)21-13(19)10-12-9-11(17)7-8-18(12)14(20)22-16(4,5)6/h11-12H,7-10,17H2,1-6H3/t11?,12-/m0/s1. The van der Waals surface area contributed by atoms with Gasteiger partial charge in [-0.1, -0.05) is 0 Å². The summed E-state index contributed by atoms with van der Waals surface area (Å²) in [7, 11) is 0. The van der Waals surface area contributed by atoms with E-state index in [1.54, 1.807) is 4.90 Å². The summed E-state index contributed by atoms with van der Waals surface area (Å²) >= 11 is 0. The molecule has 0 aromatic rings. The zero-order valence-electron chi connectivity index (χ0n) is 14.6. The molecular weight excluding hydrogens is 284 g/mol. The van der Waals surface area contributed by atoms with Gasteiger partial charge in [0.15, 0.2) is 0 Å². The highest BCUT2D eigenvalue weighted by molar-refractivity contribution is 5.73. The summed E-state index contributed by atoms with van der Waals surface area (Å²) < 4.78 is 10.8. The quantitative estimate of drug-likeness (QED) is 0.792. The number of ether oxygens (including phenoxy) is 2. The Bertz CT molecular complexity index is 409. The Hall–Kier alpha value is -1.30. The van der Waals surface area contributed by atoms with Gasteiger partial charge >= 0.3 is 12.1 Å². The molecule has 1 saturated heterocycles. The minimum absolute atomic E-state index is 0.00822. The molecule has 2 N–H and O–H groups in total. The van der Waals surface area contributed by atoms with Crippen molar-refractivity contribution in [1.82, 2.24) is 4.90 Å². The molecule has 1 unspecified atom stereocenters. The van der Waals surface area contributed by atoms with Crippen LogP contribution in [0.2, 0.25) is 0 Å². The third-order valence-electron chi connectivity index (χ3n) is 3.21. The van der Waals surface area contributed by atoms with Crippen molar-refractivity contribution in [3.8, 4) is 0 Å². The predicted octanol–water partition coefficient (Wildman–Crippen LogP) is 2.45. The van der Waals surface area contributed by atoms with Crippen LogP contribution in [0.3, 0.4) is 0 Å². The Balaban J connectivity index is 2.73. The number of likely N-dealkylation sites (tertiary alicyclic amines) is 1. The molecular formula is C16H30N2O4. The first-order valence-electron chi connectivity index (χ1n) is 7.84. The minimum atomic E-state index is -0.562. The molecule has 0 aromatic carbocycles.